The Hall–Kier alpha value is -3.26. The zero-order valence-corrected chi connectivity index (χ0v) is 18.5. The number of aromatic amines is 1. The first-order valence-electron chi connectivity index (χ1n) is 10.7. The molecule has 7 nitrogen and oxygen atoms in total. The van der Waals surface area contributed by atoms with Crippen molar-refractivity contribution in [1.82, 2.24) is 19.4 Å². The summed E-state index contributed by atoms with van der Waals surface area (Å²) < 4.78 is 7.44. The van der Waals surface area contributed by atoms with E-state index in [1.807, 2.05) is 86.3 Å². The molecule has 166 valence electrons. The van der Waals surface area contributed by atoms with Gasteiger partial charge in [0.15, 0.2) is 5.65 Å². The molecule has 0 aliphatic rings. The van der Waals surface area contributed by atoms with E-state index >= 15 is 0 Å². The van der Waals surface area contributed by atoms with Crippen LogP contribution in [-0.4, -0.2) is 44.6 Å². The van der Waals surface area contributed by atoms with E-state index in [-0.39, 0.29) is 5.56 Å². The summed E-state index contributed by atoms with van der Waals surface area (Å²) in [5, 5.41) is 10.8. The van der Waals surface area contributed by atoms with E-state index < -0.39 is 6.41 Å². The first-order chi connectivity index (χ1) is 15.4. The Morgan fingerprint density at radius 3 is 2.69 bits per heavy atom. The molecule has 0 saturated heterocycles. The molecular weight excluding hydrogens is 404 g/mol. The summed E-state index contributed by atoms with van der Waals surface area (Å²) in [5.41, 5.74) is 4.07. The van der Waals surface area contributed by atoms with Gasteiger partial charge < -0.3 is 19.4 Å². The van der Waals surface area contributed by atoms with Crippen molar-refractivity contribution in [3.05, 3.63) is 83.0 Å². The molecule has 4 aromatic rings. The molecule has 0 aliphatic heterocycles. The van der Waals surface area contributed by atoms with Crippen molar-refractivity contribution < 1.29 is 9.84 Å². The van der Waals surface area contributed by atoms with E-state index in [9.17, 15) is 9.90 Å². The maximum absolute atomic E-state index is 12.7. The fraction of sp³-hybridized carbons (Fsp3) is 0.280. The fourth-order valence-electron chi connectivity index (χ4n) is 3.68. The number of benzene rings is 2. The van der Waals surface area contributed by atoms with Gasteiger partial charge in [0, 0.05) is 24.0 Å². The molecule has 0 spiro atoms. The van der Waals surface area contributed by atoms with E-state index in [0.717, 1.165) is 22.4 Å². The van der Waals surface area contributed by atoms with Crippen LogP contribution >= 0.6 is 0 Å². The topological polar surface area (TPSA) is 83.4 Å². The molecule has 2 N–H and O–H groups in total. The standard InChI is InChI=1S/C25H28N4O3/c1-17(2)15-32-25(31)28(3)13-18-8-7-9-19(12-18)21-14-29(20-10-5-4-6-11-20)23-22(21)24(30)27-16-26-23/h4-12,14,16-17,25,31H,13,15H2,1-3H3,(H,26,27,30). The number of ether oxygens (including phenoxy) is 1. The average molecular weight is 433 g/mol. The van der Waals surface area contributed by atoms with Gasteiger partial charge in [0.05, 0.1) is 18.3 Å². The zero-order chi connectivity index (χ0) is 22.7. The average Bonchev–Trinajstić information content (AvgIpc) is 3.19. The Kier molecular flexibility index (Phi) is 6.50. The zero-order valence-electron chi connectivity index (χ0n) is 18.5. The van der Waals surface area contributed by atoms with Gasteiger partial charge in [-0.1, -0.05) is 50.2 Å². The summed E-state index contributed by atoms with van der Waals surface area (Å²) in [6, 6.07) is 17.8. The fourth-order valence-corrected chi connectivity index (χ4v) is 3.68. The maximum atomic E-state index is 12.7. The van der Waals surface area contributed by atoms with Gasteiger partial charge in [-0.05, 0) is 42.3 Å². The molecule has 1 unspecified atom stereocenters. The molecule has 0 fully saturated rings. The number of aromatic nitrogens is 3. The third kappa shape index (κ3) is 4.65. The lowest BCUT2D eigenvalue weighted by molar-refractivity contribution is -0.193. The lowest BCUT2D eigenvalue weighted by Crippen LogP contribution is -2.34. The Morgan fingerprint density at radius 2 is 1.94 bits per heavy atom. The monoisotopic (exact) mass is 432 g/mol. The number of nitrogens with one attached hydrogen (secondary N) is 1. The molecule has 1 atom stereocenters. The predicted molar refractivity (Wildman–Crippen MR) is 125 cm³/mol. The lowest BCUT2D eigenvalue weighted by atomic mass is 10.0. The van der Waals surface area contributed by atoms with Crippen molar-refractivity contribution in [2.24, 2.45) is 5.92 Å². The Bertz CT molecular complexity index is 1250. The minimum absolute atomic E-state index is 0.181. The third-order valence-corrected chi connectivity index (χ3v) is 5.25. The molecule has 32 heavy (non-hydrogen) atoms. The Balaban J connectivity index is 1.69. The number of hydrogen-bond acceptors (Lipinski definition) is 5. The van der Waals surface area contributed by atoms with Gasteiger partial charge in [0.25, 0.3) is 5.56 Å². The van der Waals surface area contributed by atoms with E-state index in [1.54, 1.807) is 4.90 Å². The number of nitrogens with zero attached hydrogens (tertiary/aromatic N) is 3. The molecule has 2 aromatic carbocycles. The normalized spacial score (nSPS) is 12.7. The van der Waals surface area contributed by atoms with Crippen LogP contribution in [0.25, 0.3) is 27.8 Å². The van der Waals surface area contributed by atoms with E-state index in [1.165, 1.54) is 6.33 Å². The first-order valence-corrected chi connectivity index (χ1v) is 10.7. The highest BCUT2D eigenvalue weighted by Gasteiger charge is 2.17. The third-order valence-electron chi connectivity index (χ3n) is 5.25. The highest BCUT2D eigenvalue weighted by molar-refractivity contribution is 5.94. The van der Waals surface area contributed by atoms with Gasteiger partial charge in [0.2, 0.25) is 6.41 Å². The first kappa shape index (κ1) is 22.0. The predicted octanol–water partition coefficient (Wildman–Crippen LogP) is 3.76. The van der Waals surface area contributed by atoms with Crippen molar-refractivity contribution in [1.29, 1.82) is 0 Å². The van der Waals surface area contributed by atoms with Crippen LogP contribution in [0.15, 0.2) is 71.9 Å². The van der Waals surface area contributed by atoms with Crippen LogP contribution in [0.1, 0.15) is 19.4 Å². The van der Waals surface area contributed by atoms with Crippen LogP contribution in [0.5, 0.6) is 0 Å². The summed E-state index contributed by atoms with van der Waals surface area (Å²) in [4.78, 5) is 21.6. The quantitative estimate of drug-likeness (QED) is 0.414. The van der Waals surface area contributed by atoms with E-state index in [2.05, 4.69) is 9.97 Å². The van der Waals surface area contributed by atoms with Crippen molar-refractivity contribution in [3.8, 4) is 16.8 Å². The largest absolute Gasteiger partial charge is 0.356 e. The minimum atomic E-state index is -0.979. The lowest BCUT2D eigenvalue weighted by Gasteiger charge is -2.24. The van der Waals surface area contributed by atoms with Crippen LogP contribution in [0, 0.1) is 5.92 Å². The van der Waals surface area contributed by atoms with Gasteiger partial charge in [0.1, 0.15) is 0 Å². The van der Waals surface area contributed by atoms with Gasteiger partial charge >= 0.3 is 0 Å². The summed E-state index contributed by atoms with van der Waals surface area (Å²) in [7, 11) is 1.81. The number of aliphatic hydroxyl groups is 1. The molecule has 7 heteroatoms. The van der Waals surface area contributed by atoms with Crippen molar-refractivity contribution in [2.45, 2.75) is 26.8 Å². The van der Waals surface area contributed by atoms with Gasteiger partial charge in [-0.3, -0.25) is 9.69 Å². The second kappa shape index (κ2) is 9.48. The summed E-state index contributed by atoms with van der Waals surface area (Å²) in [5.74, 6) is 0.343. The van der Waals surface area contributed by atoms with Crippen molar-refractivity contribution in [3.63, 3.8) is 0 Å². The number of aliphatic hydroxyl groups excluding tert-OH is 1. The summed E-state index contributed by atoms with van der Waals surface area (Å²) >= 11 is 0. The number of H-pyrrole nitrogens is 1. The van der Waals surface area contributed by atoms with Gasteiger partial charge in [-0.15, -0.1) is 0 Å². The Morgan fingerprint density at radius 1 is 1.16 bits per heavy atom. The molecule has 2 heterocycles. The molecule has 0 amide bonds. The molecule has 0 aliphatic carbocycles. The molecule has 4 rings (SSSR count). The Labute approximate surface area is 186 Å². The summed E-state index contributed by atoms with van der Waals surface area (Å²) in [6.45, 7) is 5.07. The highest BCUT2D eigenvalue weighted by atomic mass is 16.6. The van der Waals surface area contributed by atoms with E-state index in [4.69, 9.17) is 4.74 Å². The number of rotatable bonds is 8. The second-order valence-corrected chi connectivity index (χ2v) is 8.35. The maximum Gasteiger partial charge on any atom is 0.260 e. The summed E-state index contributed by atoms with van der Waals surface area (Å²) in [6.07, 6.45) is 2.40. The van der Waals surface area contributed by atoms with E-state index in [0.29, 0.717) is 30.1 Å². The molecule has 0 radical (unpaired) electrons. The van der Waals surface area contributed by atoms with Crippen LogP contribution in [0.2, 0.25) is 0 Å². The van der Waals surface area contributed by atoms with Gasteiger partial charge in [-0.2, -0.15) is 0 Å². The van der Waals surface area contributed by atoms with Crippen LogP contribution in [0.3, 0.4) is 0 Å². The smallest absolute Gasteiger partial charge is 0.260 e. The minimum Gasteiger partial charge on any atom is -0.356 e. The van der Waals surface area contributed by atoms with Crippen LogP contribution < -0.4 is 5.56 Å². The second-order valence-electron chi connectivity index (χ2n) is 8.35. The highest BCUT2D eigenvalue weighted by Crippen LogP contribution is 2.30. The van der Waals surface area contributed by atoms with Crippen molar-refractivity contribution >= 4 is 11.0 Å². The van der Waals surface area contributed by atoms with Crippen LogP contribution in [0.4, 0.5) is 0 Å². The number of hydrogen-bond donors (Lipinski definition) is 2. The molecule has 0 bridgehead atoms. The number of para-hydroxylation sites is 1. The SMILES string of the molecule is CC(C)COC(O)N(C)Cc1cccc(-c2cn(-c3ccccc3)c3nc[nH]c(=O)c23)c1. The number of fused-ring (bicyclic) bond motifs is 1. The molecular formula is C25H28N4O3. The molecule has 2 aromatic heterocycles. The van der Waals surface area contributed by atoms with Gasteiger partial charge in [-0.25, -0.2) is 4.98 Å². The van der Waals surface area contributed by atoms with Crippen molar-refractivity contribution in [2.75, 3.05) is 13.7 Å². The molecule has 0 saturated carbocycles. The van der Waals surface area contributed by atoms with Crippen LogP contribution in [-0.2, 0) is 11.3 Å².